The van der Waals surface area contributed by atoms with Gasteiger partial charge in [0.1, 0.15) is 18.1 Å². The van der Waals surface area contributed by atoms with Crippen molar-refractivity contribution in [2.24, 2.45) is 0 Å². The molecule has 0 saturated carbocycles. The molecule has 4 nitrogen and oxygen atoms in total. The molecular weight excluding hydrogens is 445 g/mol. The Balaban J connectivity index is 1.77. The second-order valence-corrected chi connectivity index (χ2v) is 9.30. The Kier molecular flexibility index (Phi) is 7.70. The van der Waals surface area contributed by atoms with Gasteiger partial charge in [0.05, 0.1) is 6.61 Å². The standard InChI is InChI=1S/C26H27Cl2NO3/c1-5-31-24-11-6-17(25(30)29-22-14-20(27)13-21(28)15-22)12-18(24)16-32-23-9-7-19(8-10-23)26(2,3)4/h6-15H,5,16H2,1-4H3,(H,29,30). The van der Waals surface area contributed by atoms with Crippen molar-refractivity contribution in [3.63, 3.8) is 0 Å². The number of carbonyl (C=O) groups excluding carboxylic acids is 1. The first kappa shape index (κ1) is 24.0. The predicted octanol–water partition coefficient (Wildman–Crippen LogP) is 7.52. The molecule has 0 fully saturated rings. The van der Waals surface area contributed by atoms with Crippen LogP contribution in [0.15, 0.2) is 60.7 Å². The molecule has 0 heterocycles. The van der Waals surface area contributed by atoms with Crippen LogP contribution in [-0.4, -0.2) is 12.5 Å². The number of hydrogen-bond donors (Lipinski definition) is 1. The minimum atomic E-state index is -0.276. The van der Waals surface area contributed by atoms with Crippen molar-refractivity contribution in [3.8, 4) is 11.5 Å². The van der Waals surface area contributed by atoms with Crippen LogP contribution in [0.2, 0.25) is 10.0 Å². The molecule has 168 valence electrons. The van der Waals surface area contributed by atoms with E-state index in [4.69, 9.17) is 32.7 Å². The Morgan fingerprint density at radius 2 is 1.56 bits per heavy atom. The summed E-state index contributed by atoms with van der Waals surface area (Å²) in [6.07, 6.45) is 0. The van der Waals surface area contributed by atoms with Gasteiger partial charge in [0, 0.05) is 26.9 Å². The van der Waals surface area contributed by atoms with E-state index in [1.807, 2.05) is 19.1 Å². The summed E-state index contributed by atoms with van der Waals surface area (Å²) in [5, 5.41) is 3.72. The van der Waals surface area contributed by atoms with Crippen molar-refractivity contribution in [2.45, 2.75) is 39.7 Å². The van der Waals surface area contributed by atoms with Crippen molar-refractivity contribution in [1.82, 2.24) is 0 Å². The lowest BCUT2D eigenvalue weighted by molar-refractivity contribution is 0.102. The Morgan fingerprint density at radius 3 is 2.16 bits per heavy atom. The van der Waals surface area contributed by atoms with E-state index in [1.165, 1.54) is 5.56 Å². The first-order valence-corrected chi connectivity index (χ1v) is 11.2. The molecule has 3 rings (SSSR count). The van der Waals surface area contributed by atoms with Gasteiger partial charge in [-0.05, 0) is 66.4 Å². The maximum atomic E-state index is 12.8. The predicted molar refractivity (Wildman–Crippen MR) is 132 cm³/mol. The van der Waals surface area contributed by atoms with Gasteiger partial charge in [-0.1, -0.05) is 56.1 Å². The lowest BCUT2D eigenvalue weighted by atomic mass is 9.87. The summed E-state index contributed by atoms with van der Waals surface area (Å²) >= 11 is 12.1. The van der Waals surface area contributed by atoms with Crippen LogP contribution < -0.4 is 14.8 Å². The summed E-state index contributed by atoms with van der Waals surface area (Å²) in [6, 6.07) is 18.2. The van der Waals surface area contributed by atoms with Crippen LogP contribution in [0, 0.1) is 0 Å². The Labute approximate surface area is 199 Å². The number of benzene rings is 3. The summed E-state index contributed by atoms with van der Waals surface area (Å²) in [4.78, 5) is 12.8. The highest BCUT2D eigenvalue weighted by atomic mass is 35.5. The molecule has 0 aliphatic rings. The molecule has 0 aliphatic heterocycles. The van der Waals surface area contributed by atoms with Crippen molar-refractivity contribution in [1.29, 1.82) is 0 Å². The Hall–Kier alpha value is -2.69. The zero-order valence-electron chi connectivity index (χ0n) is 18.7. The van der Waals surface area contributed by atoms with E-state index >= 15 is 0 Å². The summed E-state index contributed by atoms with van der Waals surface area (Å²) in [7, 11) is 0. The zero-order chi connectivity index (χ0) is 23.3. The van der Waals surface area contributed by atoms with Crippen LogP contribution in [0.25, 0.3) is 0 Å². The van der Waals surface area contributed by atoms with Gasteiger partial charge in [-0.2, -0.15) is 0 Å². The number of halogens is 2. The number of anilines is 1. The monoisotopic (exact) mass is 471 g/mol. The molecular formula is C26H27Cl2NO3. The van der Waals surface area contributed by atoms with Crippen molar-refractivity contribution >= 4 is 34.8 Å². The number of nitrogens with one attached hydrogen (secondary N) is 1. The lowest BCUT2D eigenvalue weighted by Gasteiger charge is -2.19. The minimum absolute atomic E-state index is 0.0789. The van der Waals surface area contributed by atoms with Crippen LogP contribution in [-0.2, 0) is 12.0 Å². The highest BCUT2D eigenvalue weighted by Crippen LogP contribution is 2.27. The number of amides is 1. The number of ether oxygens (including phenoxy) is 2. The molecule has 0 atom stereocenters. The van der Waals surface area contributed by atoms with Gasteiger partial charge < -0.3 is 14.8 Å². The quantitative estimate of drug-likeness (QED) is 0.387. The highest BCUT2D eigenvalue weighted by Gasteiger charge is 2.14. The van der Waals surface area contributed by atoms with Gasteiger partial charge in [0.25, 0.3) is 5.91 Å². The zero-order valence-corrected chi connectivity index (χ0v) is 20.2. The smallest absolute Gasteiger partial charge is 0.255 e. The van der Waals surface area contributed by atoms with Gasteiger partial charge in [-0.25, -0.2) is 0 Å². The largest absolute Gasteiger partial charge is 0.493 e. The van der Waals surface area contributed by atoms with E-state index in [1.54, 1.807) is 36.4 Å². The molecule has 1 N–H and O–H groups in total. The molecule has 6 heteroatoms. The molecule has 0 saturated heterocycles. The van der Waals surface area contributed by atoms with E-state index in [2.05, 4.69) is 38.2 Å². The average molecular weight is 472 g/mol. The number of hydrogen-bond acceptors (Lipinski definition) is 3. The second kappa shape index (κ2) is 10.3. The molecule has 0 bridgehead atoms. The summed E-state index contributed by atoms with van der Waals surface area (Å²) < 4.78 is 11.7. The summed E-state index contributed by atoms with van der Waals surface area (Å²) in [5.41, 5.74) is 3.10. The Bertz CT molecular complexity index is 1070. The van der Waals surface area contributed by atoms with Crippen molar-refractivity contribution < 1.29 is 14.3 Å². The topological polar surface area (TPSA) is 47.6 Å². The van der Waals surface area contributed by atoms with E-state index in [0.29, 0.717) is 33.7 Å². The molecule has 0 spiro atoms. The maximum absolute atomic E-state index is 12.8. The minimum Gasteiger partial charge on any atom is -0.493 e. The molecule has 0 unspecified atom stereocenters. The van der Waals surface area contributed by atoms with Crippen molar-refractivity contribution in [3.05, 3.63) is 87.4 Å². The second-order valence-electron chi connectivity index (χ2n) is 8.43. The van der Waals surface area contributed by atoms with Gasteiger partial charge >= 0.3 is 0 Å². The van der Waals surface area contributed by atoms with Gasteiger partial charge in [0.15, 0.2) is 0 Å². The fourth-order valence-corrected chi connectivity index (χ4v) is 3.70. The van der Waals surface area contributed by atoms with Gasteiger partial charge in [-0.3, -0.25) is 4.79 Å². The van der Waals surface area contributed by atoms with E-state index in [0.717, 1.165) is 11.3 Å². The van der Waals surface area contributed by atoms with Crippen LogP contribution in [0.4, 0.5) is 5.69 Å². The van der Waals surface area contributed by atoms with E-state index in [9.17, 15) is 4.79 Å². The summed E-state index contributed by atoms with van der Waals surface area (Å²) in [5.74, 6) is 1.16. The average Bonchev–Trinajstić information content (AvgIpc) is 2.72. The lowest BCUT2D eigenvalue weighted by Crippen LogP contribution is -2.13. The molecule has 0 aromatic heterocycles. The number of carbonyl (C=O) groups is 1. The molecule has 0 aliphatic carbocycles. The third kappa shape index (κ3) is 6.41. The maximum Gasteiger partial charge on any atom is 0.255 e. The van der Waals surface area contributed by atoms with Crippen LogP contribution in [0.5, 0.6) is 11.5 Å². The van der Waals surface area contributed by atoms with Crippen LogP contribution >= 0.6 is 23.2 Å². The highest BCUT2D eigenvalue weighted by molar-refractivity contribution is 6.35. The van der Waals surface area contributed by atoms with Crippen molar-refractivity contribution in [2.75, 3.05) is 11.9 Å². The van der Waals surface area contributed by atoms with E-state index < -0.39 is 0 Å². The fraction of sp³-hybridized carbons (Fsp3) is 0.269. The van der Waals surface area contributed by atoms with Gasteiger partial charge in [-0.15, -0.1) is 0 Å². The normalized spacial score (nSPS) is 11.2. The SMILES string of the molecule is CCOc1ccc(C(=O)Nc2cc(Cl)cc(Cl)c2)cc1COc1ccc(C(C)(C)C)cc1. The molecule has 1 amide bonds. The molecule has 32 heavy (non-hydrogen) atoms. The number of rotatable bonds is 7. The third-order valence-corrected chi connectivity index (χ3v) is 5.29. The van der Waals surface area contributed by atoms with E-state index in [-0.39, 0.29) is 17.9 Å². The third-order valence-electron chi connectivity index (χ3n) is 4.86. The molecule has 3 aromatic carbocycles. The molecule has 0 radical (unpaired) electrons. The first-order chi connectivity index (χ1) is 15.2. The summed E-state index contributed by atoms with van der Waals surface area (Å²) in [6.45, 7) is 9.22. The van der Waals surface area contributed by atoms with Crippen LogP contribution in [0.3, 0.4) is 0 Å². The van der Waals surface area contributed by atoms with Crippen LogP contribution in [0.1, 0.15) is 49.2 Å². The van der Waals surface area contributed by atoms with Gasteiger partial charge in [0.2, 0.25) is 0 Å². The fourth-order valence-electron chi connectivity index (χ4n) is 3.17. The first-order valence-electron chi connectivity index (χ1n) is 10.4. The Morgan fingerprint density at radius 1 is 0.906 bits per heavy atom. The molecule has 3 aromatic rings.